The molecule has 1 heterocycles. The van der Waals surface area contributed by atoms with Gasteiger partial charge in [0.1, 0.15) is 12.6 Å². The quantitative estimate of drug-likeness (QED) is 0.305. The normalized spacial score (nSPS) is 15.8. The monoisotopic (exact) mass is 463 g/mol. The number of ether oxygens (including phenoxy) is 1. The average molecular weight is 464 g/mol. The lowest BCUT2D eigenvalue weighted by molar-refractivity contribution is 0.283. The Morgan fingerprint density at radius 1 is 0.676 bits per heavy atom. The van der Waals surface area contributed by atoms with Crippen LogP contribution in [0.3, 0.4) is 0 Å². The predicted molar refractivity (Wildman–Crippen MR) is 146 cm³/mol. The highest BCUT2D eigenvalue weighted by molar-refractivity contribution is 7.80. The van der Waals surface area contributed by atoms with Gasteiger partial charge >= 0.3 is 0 Å². The molecule has 0 amide bonds. The zero-order chi connectivity index (χ0) is 23.5. The van der Waals surface area contributed by atoms with Gasteiger partial charge in [0.25, 0.3) is 0 Å². The molecular formula is C31H30NOP. The average Bonchev–Trinajstić information content (AvgIpc) is 3.37. The van der Waals surface area contributed by atoms with Gasteiger partial charge < -0.3 is 4.74 Å². The van der Waals surface area contributed by atoms with Gasteiger partial charge in [-0.25, -0.2) is 4.99 Å². The SMILES string of the molecule is CC(C)(C)C1=N[C@@H](c2ccccc2-c2ccccc2P(c2ccccc2)c2ccccc2)CO1. The Kier molecular flexibility index (Phi) is 6.35. The molecule has 0 aliphatic carbocycles. The first-order chi connectivity index (χ1) is 16.5. The van der Waals surface area contributed by atoms with E-state index in [9.17, 15) is 0 Å². The van der Waals surface area contributed by atoms with E-state index in [0.717, 1.165) is 5.90 Å². The lowest BCUT2D eigenvalue weighted by Crippen LogP contribution is -2.22. The number of aliphatic imine (C=N–C) groups is 1. The Balaban J connectivity index is 1.66. The molecule has 3 heteroatoms. The van der Waals surface area contributed by atoms with Gasteiger partial charge in [0, 0.05) is 5.41 Å². The molecule has 34 heavy (non-hydrogen) atoms. The molecule has 4 aromatic carbocycles. The Bertz CT molecular complexity index is 1250. The minimum Gasteiger partial charge on any atom is -0.478 e. The molecule has 1 atom stereocenters. The van der Waals surface area contributed by atoms with Crippen LogP contribution in [0.5, 0.6) is 0 Å². The number of benzene rings is 4. The van der Waals surface area contributed by atoms with Crippen LogP contribution in [0.4, 0.5) is 0 Å². The highest BCUT2D eigenvalue weighted by Crippen LogP contribution is 2.40. The van der Waals surface area contributed by atoms with Crippen molar-refractivity contribution in [2.45, 2.75) is 26.8 Å². The molecule has 0 radical (unpaired) electrons. The minimum absolute atomic E-state index is 0.0122. The van der Waals surface area contributed by atoms with Crippen molar-refractivity contribution in [3.05, 3.63) is 115 Å². The van der Waals surface area contributed by atoms with Gasteiger partial charge in [-0.05, 0) is 40.5 Å². The van der Waals surface area contributed by atoms with Gasteiger partial charge in [0.2, 0.25) is 0 Å². The van der Waals surface area contributed by atoms with E-state index in [-0.39, 0.29) is 11.5 Å². The van der Waals surface area contributed by atoms with E-state index in [1.54, 1.807) is 0 Å². The standard InChI is InChI=1S/C31H30NOP/c1-31(2,3)30-32-28(22-33-30)26-19-11-10-18-25(26)27-20-12-13-21-29(27)34(23-14-6-4-7-15-23)24-16-8-5-9-17-24/h4-21,28H,22H2,1-3H3/t28-/m1/s1. The molecule has 0 unspecified atom stereocenters. The second-order valence-electron chi connectivity index (χ2n) is 9.62. The molecule has 0 bridgehead atoms. The summed E-state index contributed by atoms with van der Waals surface area (Å²) in [4.78, 5) is 5.01. The van der Waals surface area contributed by atoms with Gasteiger partial charge in [-0.15, -0.1) is 0 Å². The third-order valence-corrected chi connectivity index (χ3v) is 8.58. The van der Waals surface area contributed by atoms with Crippen LogP contribution in [0, 0.1) is 5.41 Å². The maximum atomic E-state index is 6.05. The molecular weight excluding hydrogens is 433 g/mol. The van der Waals surface area contributed by atoms with Gasteiger partial charge in [-0.3, -0.25) is 0 Å². The highest BCUT2D eigenvalue weighted by atomic mass is 31.1. The third-order valence-electron chi connectivity index (χ3n) is 6.08. The van der Waals surface area contributed by atoms with Crippen LogP contribution >= 0.6 is 7.92 Å². The number of hydrogen-bond donors (Lipinski definition) is 0. The molecule has 1 aliphatic rings. The lowest BCUT2D eigenvalue weighted by Gasteiger charge is -2.24. The largest absolute Gasteiger partial charge is 0.478 e. The summed E-state index contributed by atoms with van der Waals surface area (Å²) in [5.74, 6) is 0.844. The zero-order valence-electron chi connectivity index (χ0n) is 20.0. The fourth-order valence-electron chi connectivity index (χ4n) is 4.45. The van der Waals surface area contributed by atoms with Crippen LogP contribution in [-0.2, 0) is 4.74 Å². The molecule has 4 aromatic rings. The van der Waals surface area contributed by atoms with Crippen LogP contribution in [0.1, 0.15) is 32.4 Å². The lowest BCUT2D eigenvalue weighted by atomic mass is 9.95. The van der Waals surface area contributed by atoms with Crippen LogP contribution < -0.4 is 15.9 Å². The minimum atomic E-state index is -0.709. The fourth-order valence-corrected chi connectivity index (χ4v) is 6.92. The van der Waals surface area contributed by atoms with Gasteiger partial charge in [0.05, 0.1) is 0 Å². The Morgan fingerprint density at radius 3 is 1.79 bits per heavy atom. The topological polar surface area (TPSA) is 21.6 Å². The van der Waals surface area contributed by atoms with E-state index in [1.165, 1.54) is 32.6 Å². The Morgan fingerprint density at radius 2 is 1.21 bits per heavy atom. The first-order valence-electron chi connectivity index (χ1n) is 11.8. The van der Waals surface area contributed by atoms with E-state index in [1.807, 2.05) is 0 Å². The maximum Gasteiger partial charge on any atom is 0.189 e. The fraction of sp³-hybridized carbons (Fsp3) is 0.194. The van der Waals surface area contributed by atoms with Crippen molar-refractivity contribution in [1.29, 1.82) is 0 Å². The summed E-state index contributed by atoms with van der Waals surface area (Å²) in [5.41, 5.74) is 3.66. The Labute approximate surface area is 204 Å². The summed E-state index contributed by atoms with van der Waals surface area (Å²) in [7, 11) is -0.709. The van der Waals surface area contributed by atoms with Crippen LogP contribution in [-0.4, -0.2) is 12.5 Å². The van der Waals surface area contributed by atoms with Crippen LogP contribution in [0.2, 0.25) is 0 Å². The highest BCUT2D eigenvalue weighted by Gasteiger charge is 2.31. The number of nitrogens with zero attached hydrogens (tertiary/aromatic N) is 1. The molecule has 0 saturated heterocycles. The predicted octanol–water partition coefficient (Wildman–Crippen LogP) is 6.63. The second kappa shape index (κ2) is 9.57. The molecule has 0 fully saturated rings. The van der Waals surface area contributed by atoms with Gasteiger partial charge in [0.15, 0.2) is 5.90 Å². The van der Waals surface area contributed by atoms with Crippen molar-refractivity contribution in [2.75, 3.05) is 6.61 Å². The van der Waals surface area contributed by atoms with Crippen molar-refractivity contribution in [3.63, 3.8) is 0 Å². The zero-order valence-corrected chi connectivity index (χ0v) is 20.9. The molecule has 0 N–H and O–H groups in total. The molecule has 0 saturated carbocycles. The third kappa shape index (κ3) is 4.56. The van der Waals surface area contributed by atoms with E-state index in [0.29, 0.717) is 6.61 Å². The van der Waals surface area contributed by atoms with Crippen molar-refractivity contribution >= 4 is 29.7 Å². The summed E-state index contributed by atoms with van der Waals surface area (Å²) >= 11 is 0. The van der Waals surface area contributed by atoms with Crippen molar-refractivity contribution in [2.24, 2.45) is 10.4 Å². The summed E-state index contributed by atoms with van der Waals surface area (Å²) in [6.07, 6.45) is 0. The van der Waals surface area contributed by atoms with Gasteiger partial charge in [-0.1, -0.05) is 130 Å². The first kappa shape index (κ1) is 22.6. The van der Waals surface area contributed by atoms with Gasteiger partial charge in [-0.2, -0.15) is 0 Å². The molecule has 170 valence electrons. The van der Waals surface area contributed by atoms with Crippen molar-refractivity contribution in [3.8, 4) is 11.1 Å². The van der Waals surface area contributed by atoms with E-state index < -0.39 is 7.92 Å². The molecule has 5 rings (SSSR count). The summed E-state index contributed by atoms with van der Waals surface area (Å²) < 4.78 is 6.05. The van der Waals surface area contributed by atoms with E-state index >= 15 is 0 Å². The van der Waals surface area contributed by atoms with Crippen LogP contribution in [0.25, 0.3) is 11.1 Å². The molecule has 0 spiro atoms. The van der Waals surface area contributed by atoms with Crippen LogP contribution in [0.15, 0.2) is 114 Å². The van der Waals surface area contributed by atoms with E-state index in [2.05, 4.69) is 130 Å². The Hall–Kier alpha value is -3.22. The van der Waals surface area contributed by atoms with E-state index in [4.69, 9.17) is 9.73 Å². The summed E-state index contributed by atoms with van der Waals surface area (Å²) in [6, 6.07) is 39.4. The first-order valence-corrected chi connectivity index (χ1v) is 13.2. The van der Waals surface area contributed by atoms with Crippen molar-refractivity contribution in [1.82, 2.24) is 0 Å². The second-order valence-corrected chi connectivity index (χ2v) is 11.8. The molecule has 1 aliphatic heterocycles. The summed E-state index contributed by atoms with van der Waals surface area (Å²) in [6.45, 7) is 7.06. The maximum absolute atomic E-state index is 6.05. The molecule has 0 aromatic heterocycles. The van der Waals surface area contributed by atoms with Crippen molar-refractivity contribution < 1.29 is 4.74 Å². The molecule has 2 nitrogen and oxygen atoms in total. The number of rotatable bonds is 5. The smallest absolute Gasteiger partial charge is 0.189 e. The summed E-state index contributed by atoms with van der Waals surface area (Å²) in [5, 5.41) is 4.07. The number of hydrogen-bond acceptors (Lipinski definition) is 2.